The van der Waals surface area contributed by atoms with Crippen LogP contribution in [-0.4, -0.2) is 108 Å². The fourth-order valence-electron chi connectivity index (χ4n) is 6.77. The first-order valence-corrected chi connectivity index (χ1v) is 20.5. The number of anilines is 1. The van der Waals surface area contributed by atoms with Gasteiger partial charge in [-0.2, -0.15) is 0 Å². The molecule has 5 aromatic rings. The van der Waals surface area contributed by atoms with Gasteiger partial charge in [0.1, 0.15) is 12.4 Å². The van der Waals surface area contributed by atoms with Crippen molar-refractivity contribution < 1.29 is 47.5 Å². The minimum absolute atomic E-state index is 0.00927. The molecule has 0 aliphatic carbocycles. The third-order valence-corrected chi connectivity index (χ3v) is 9.91. The molecule has 2 amide bonds. The van der Waals surface area contributed by atoms with E-state index in [0.717, 1.165) is 28.8 Å². The molecule has 6 N–H and O–H groups in total. The first-order chi connectivity index (χ1) is 30.8. The minimum atomic E-state index is -0.326. The first kappa shape index (κ1) is 46.0. The number of nitrogens with two attached hydrogens (primary N) is 2. The molecule has 4 aromatic carbocycles. The largest absolute Gasteiger partial charge is 0.502 e. The number of aromatic hydroxyl groups is 1. The highest BCUT2D eigenvalue weighted by molar-refractivity contribution is 5.97. The van der Waals surface area contributed by atoms with Crippen LogP contribution in [0.3, 0.4) is 0 Å². The summed E-state index contributed by atoms with van der Waals surface area (Å²) in [6, 6.07) is 26.2. The molecule has 0 saturated heterocycles. The smallest absolute Gasteiger partial charge is 0.251 e. The highest BCUT2D eigenvalue weighted by atomic mass is 16.6. The van der Waals surface area contributed by atoms with Gasteiger partial charge in [-0.05, 0) is 35.9 Å². The molecule has 1 aliphatic rings. The first-order valence-electron chi connectivity index (χ1n) is 20.5. The Morgan fingerprint density at radius 3 is 2.11 bits per heavy atom. The van der Waals surface area contributed by atoms with Crippen LogP contribution in [0.1, 0.15) is 27.0 Å². The highest BCUT2D eigenvalue weighted by Gasteiger charge is 2.25. The summed E-state index contributed by atoms with van der Waals surface area (Å²) in [5, 5.41) is 15.2. The Morgan fingerprint density at radius 2 is 1.44 bits per heavy atom. The molecule has 332 valence electrons. The molecule has 1 aromatic heterocycles. The number of nitrogens with zero attached hydrogens (tertiary/aromatic N) is 2. The van der Waals surface area contributed by atoms with Crippen molar-refractivity contribution in [2.75, 3.05) is 90.7 Å². The topological polar surface area (TPSA) is 211 Å². The number of phenolic OH excluding ortho intramolecular Hbond substituents is 1. The number of carbonyl (C=O) groups excluding carboxylic acids is 2. The van der Waals surface area contributed by atoms with E-state index < -0.39 is 0 Å². The number of hydrogen-bond acceptors (Lipinski definition) is 14. The number of fused-ring (bicyclic) bond motifs is 3. The Balaban J connectivity index is 0.783. The van der Waals surface area contributed by atoms with Gasteiger partial charge >= 0.3 is 0 Å². The number of nitrogens with one attached hydrogen (secondary N) is 1. The zero-order valence-corrected chi connectivity index (χ0v) is 35.0. The van der Waals surface area contributed by atoms with Crippen molar-refractivity contribution >= 4 is 40.4 Å². The number of benzene rings is 4. The Bertz CT molecular complexity index is 2400. The number of hydrazine groups is 1. The lowest BCUT2D eigenvalue weighted by Gasteiger charge is -2.31. The second-order valence-electron chi connectivity index (χ2n) is 14.1. The number of para-hydroxylation sites is 1. The van der Waals surface area contributed by atoms with Crippen LogP contribution in [0, 0.1) is 0 Å². The average molecular weight is 864 g/mol. The van der Waals surface area contributed by atoms with Gasteiger partial charge < -0.3 is 58.9 Å². The summed E-state index contributed by atoms with van der Waals surface area (Å²) in [4.78, 5) is 39.1. The van der Waals surface area contributed by atoms with E-state index in [1.165, 1.54) is 24.3 Å². The second kappa shape index (κ2) is 23.6. The lowest BCUT2D eigenvalue weighted by atomic mass is 9.96. The van der Waals surface area contributed by atoms with Gasteiger partial charge in [0.05, 0.1) is 102 Å². The van der Waals surface area contributed by atoms with E-state index in [0.29, 0.717) is 108 Å². The maximum atomic E-state index is 12.7. The predicted octanol–water partition coefficient (Wildman–Crippen LogP) is 4.68. The Morgan fingerprint density at radius 1 is 0.825 bits per heavy atom. The molecule has 63 heavy (non-hydrogen) atoms. The second-order valence-corrected chi connectivity index (χ2v) is 14.1. The Hall–Kier alpha value is -6.53. The van der Waals surface area contributed by atoms with Crippen molar-refractivity contribution in [1.82, 2.24) is 10.3 Å². The third kappa shape index (κ3) is 12.3. The van der Waals surface area contributed by atoms with Crippen LogP contribution in [0.5, 0.6) is 11.5 Å². The Labute approximate surface area is 365 Å². The summed E-state index contributed by atoms with van der Waals surface area (Å²) in [6.45, 7) is 8.56. The number of phenols is 1. The number of ether oxygens (including phenoxy) is 6. The molecule has 0 spiro atoms. The molecule has 0 unspecified atom stereocenters. The summed E-state index contributed by atoms with van der Waals surface area (Å²) < 4.78 is 39.4. The zero-order chi connectivity index (χ0) is 44.4. The molecule has 0 bridgehead atoms. The van der Waals surface area contributed by atoms with E-state index in [1.807, 2.05) is 48.5 Å². The van der Waals surface area contributed by atoms with E-state index in [9.17, 15) is 19.5 Å². The van der Waals surface area contributed by atoms with Gasteiger partial charge in [0, 0.05) is 34.9 Å². The van der Waals surface area contributed by atoms with Crippen LogP contribution in [0.25, 0.3) is 33.7 Å². The summed E-state index contributed by atoms with van der Waals surface area (Å²) in [5.74, 6) is 6.41. The molecule has 1 aliphatic heterocycles. The van der Waals surface area contributed by atoms with E-state index >= 15 is 0 Å². The zero-order valence-electron chi connectivity index (χ0n) is 35.0. The van der Waals surface area contributed by atoms with Crippen LogP contribution in [0.2, 0.25) is 0 Å². The summed E-state index contributed by atoms with van der Waals surface area (Å²) >= 11 is 0. The van der Waals surface area contributed by atoms with Gasteiger partial charge in [0.2, 0.25) is 12.2 Å². The van der Waals surface area contributed by atoms with Gasteiger partial charge in [0.15, 0.2) is 16.8 Å². The average Bonchev–Trinajstić information content (AvgIpc) is 3.30. The molecule has 16 nitrogen and oxygen atoms in total. The highest BCUT2D eigenvalue weighted by Crippen LogP contribution is 2.37. The normalized spacial score (nSPS) is 13.4. The molecular weight excluding hydrogens is 811 g/mol. The van der Waals surface area contributed by atoms with Crippen molar-refractivity contribution in [2.24, 2.45) is 11.6 Å². The van der Waals surface area contributed by atoms with E-state index in [1.54, 1.807) is 34.2 Å². The van der Waals surface area contributed by atoms with Gasteiger partial charge in [-0.25, -0.2) is 5.84 Å². The summed E-state index contributed by atoms with van der Waals surface area (Å²) in [5.41, 5.74) is 11.8. The molecule has 2 heterocycles. The van der Waals surface area contributed by atoms with Gasteiger partial charge in [-0.15, -0.1) is 0 Å². The van der Waals surface area contributed by atoms with Gasteiger partial charge in [-0.1, -0.05) is 67.3 Å². The number of hydrogen-bond donors (Lipinski definition) is 4. The monoisotopic (exact) mass is 863 g/mol. The maximum Gasteiger partial charge on any atom is 0.251 e. The number of amides is 2. The van der Waals surface area contributed by atoms with Gasteiger partial charge in [-0.3, -0.25) is 14.4 Å². The molecule has 0 radical (unpaired) electrons. The lowest BCUT2D eigenvalue weighted by Crippen LogP contribution is -2.36. The van der Waals surface area contributed by atoms with Crippen molar-refractivity contribution in [2.45, 2.75) is 6.54 Å². The maximum absolute atomic E-state index is 12.7. The SMILES string of the molecule is C=CCOc1ccc2c(=O)cc(-c3ccc(C(=O)NCCOCCOCCOCCOCCOCCN(N)/C4=C(\N)c5ccccc5CN(C=O)c5ccccc54)cc3)oc2c1O. The number of carbonyl (C=O) groups is 2. The molecule has 0 atom stereocenters. The Kier molecular flexibility index (Phi) is 17.2. The summed E-state index contributed by atoms with van der Waals surface area (Å²) in [7, 11) is 0. The molecule has 6 rings (SSSR count). The quantitative estimate of drug-likeness (QED) is 0.0207. The van der Waals surface area contributed by atoms with Crippen LogP contribution >= 0.6 is 0 Å². The molecular formula is C47H53N5O11. The van der Waals surface area contributed by atoms with Gasteiger partial charge in [0.25, 0.3) is 5.91 Å². The predicted molar refractivity (Wildman–Crippen MR) is 239 cm³/mol. The fraction of sp³-hybridized carbons (Fsp3) is 0.298. The van der Waals surface area contributed by atoms with Crippen molar-refractivity contribution in [1.29, 1.82) is 0 Å². The van der Waals surface area contributed by atoms with E-state index in [2.05, 4.69) is 11.9 Å². The number of rotatable bonds is 25. The van der Waals surface area contributed by atoms with Crippen LogP contribution in [0.4, 0.5) is 5.69 Å². The van der Waals surface area contributed by atoms with Crippen LogP contribution < -0.4 is 32.0 Å². The molecule has 0 saturated carbocycles. The standard InChI is InChI=1S/C47H53N5O11/c1-2-19-62-41-16-15-38-40(54)30-42(63-46(38)45(41)55)33-11-13-34(14-12-33)47(56)50-17-20-57-22-24-59-26-28-61-29-27-60-25-23-58-21-18-52(49)44-37-9-5-6-10-39(37)51(32-53)31-35-7-3-4-8-36(35)43(44)48/h2-16,30,32,55H,1,17-29,31,48-49H2,(H,50,56)/b44-43-. The van der Waals surface area contributed by atoms with E-state index in [-0.39, 0.29) is 46.2 Å². The third-order valence-electron chi connectivity index (χ3n) is 9.91. The van der Waals surface area contributed by atoms with Crippen molar-refractivity contribution in [3.8, 4) is 22.8 Å². The summed E-state index contributed by atoms with van der Waals surface area (Å²) in [6.07, 6.45) is 2.36. The van der Waals surface area contributed by atoms with E-state index in [4.69, 9.17) is 44.4 Å². The molecule has 0 fully saturated rings. The van der Waals surface area contributed by atoms with Crippen LogP contribution in [0.15, 0.2) is 113 Å². The van der Waals surface area contributed by atoms with Crippen LogP contribution in [-0.2, 0) is 35.0 Å². The van der Waals surface area contributed by atoms with Crippen molar-refractivity contribution in [3.05, 3.63) is 136 Å². The minimum Gasteiger partial charge on any atom is -0.502 e. The fourth-order valence-corrected chi connectivity index (χ4v) is 6.77. The molecule has 16 heteroatoms. The van der Waals surface area contributed by atoms with Crippen molar-refractivity contribution in [3.63, 3.8) is 0 Å². The lowest BCUT2D eigenvalue weighted by molar-refractivity contribution is -0.107.